The van der Waals surface area contributed by atoms with Crippen LogP contribution in [0.2, 0.25) is 0 Å². The van der Waals surface area contributed by atoms with E-state index in [0.717, 1.165) is 0 Å². The van der Waals surface area contributed by atoms with E-state index in [1.807, 2.05) is 0 Å². The molecule has 3 nitrogen and oxygen atoms in total. The number of rotatable bonds is 1. The molecule has 0 radical (unpaired) electrons. The maximum atomic E-state index is 10.2. The molecule has 0 atom stereocenters. The van der Waals surface area contributed by atoms with E-state index in [2.05, 4.69) is 0 Å². The first-order valence-corrected chi connectivity index (χ1v) is 3.23. The highest BCUT2D eigenvalue weighted by atomic mass is 16.4. The second-order valence-corrected chi connectivity index (χ2v) is 2.21. The Kier molecular flexibility index (Phi) is 2.44. The minimum absolute atomic E-state index is 0.238. The summed E-state index contributed by atoms with van der Waals surface area (Å²) in [4.78, 5) is 10.2. The maximum Gasteiger partial charge on any atom is 0.489 e. The molecular formula is C7H7BO3. The quantitative estimate of drug-likeness (QED) is 0.396. The van der Waals surface area contributed by atoms with Gasteiger partial charge in [-0.2, -0.15) is 0 Å². The van der Waals surface area contributed by atoms with Crippen molar-refractivity contribution in [3.63, 3.8) is 0 Å². The SMILES string of the molecule is O=C=C1CC=CC=C1B(O)O. The molecular weight excluding hydrogens is 143 g/mol. The van der Waals surface area contributed by atoms with Crippen LogP contribution in [0, 0.1) is 0 Å². The van der Waals surface area contributed by atoms with Crippen molar-refractivity contribution in [3.8, 4) is 0 Å². The Labute approximate surface area is 64.5 Å². The van der Waals surface area contributed by atoms with Crippen LogP contribution in [0.5, 0.6) is 0 Å². The zero-order valence-electron chi connectivity index (χ0n) is 5.82. The van der Waals surface area contributed by atoms with Gasteiger partial charge in [-0.15, -0.1) is 0 Å². The number of hydrogen-bond donors (Lipinski definition) is 2. The van der Waals surface area contributed by atoms with Crippen molar-refractivity contribution in [1.82, 2.24) is 0 Å². The first kappa shape index (κ1) is 8.02. The van der Waals surface area contributed by atoms with E-state index in [1.54, 1.807) is 18.1 Å². The van der Waals surface area contributed by atoms with Crippen molar-refractivity contribution in [2.24, 2.45) is 0 Å². The number of allylic oxidation sites excluding steroid dienone is 5. The lowest BCUT2D eigenvalue weighted by Crippen LogP contribution is -2.18. The number of hydrogen-bond acceptors (Lipinski definition) is 3. The standard InChI is InChI=1S/C7H7BO3/c9-5-6-3-1-2-4-7(6)8(10)11/h1-2,4,10-11H,3H2. The van der Waals surface area contributed by atoms with E-state index >= 15 is 0 Å². The molecule has 2 N–H and O–H groups in total. The lowest BCUT2D eigenvalue weighted by molar-refractivity contribution is 0.419. The van der Waals surface area contributed by atoms with Crippen molar-refractivity contribution in [2.45, 2.75) is 6.42 Å². The molecule has 11 heavy (non-hydrogen) atoms. The molecule has 1 aliphatic carbocycles. The normalized spacial score (nSPS) is 15.8. The Bertz CT molecular complexity index is 259. The van der Waals surface area contributed by atoms with Gasteiger partial charge in [-0.1, -0.05) is 18.2 Å². The van der Waals surface area contributed by atoms with Crippen molar-refractivity contribution in [2.75, 3.05) is 0 Å². The summed E-state index contributed by atoms with van der Waals surface area (Å²) in [6.07, 6.45) is 5.35. The molecule has 0 saturated heterocycles. The van der Waals surface area contributed by atoms with Gasteiger partial charge in [-0.05, 0) is 5.47 Å². The van der Waals surface area contributed by atoms with E-state index in [1.165, 1.54) is 6.08 Å². The fourth-order valence-corrected chi connectivity index (χ4v) is 0.919. The molecule has 0 aromatic carbocycles. The Morgan fingerprint density at radius 3 is 2.73 bits per heavy atom. The second-order valence-electron chi connectivity index (χ2n) is 2.21. The van der Waals surface area contributed by atoms with E-state index < -0.39 is 7.12 Å². The third kappa shape index (κ3) is 1.68. The van der Waals surface area contributed by atoms with Gasteiger partial charge in [0, 0.05) is 12.0 Å². The fourth-order valence-electron chi connectivity index (χ4n) is 0.919. The Morgan fingerprint density at radius 1 is 1.55 bits per heavy atom. The highest BCUT2D eigenvalue weighted by Crippen LogP contribution is 2.16. The predicted octanol–water partition coefficient (Wildman–Crippen LogP) is -0.357. The summed E-state index contributed by atoms with van der Waals surface area (Å²) in [5, 5.41) is 17.5. The van der Waals surface area contributed by atoms with E-state index in [-0.39, 0.29) is 5.47 Å². The topological polar surface area (TPSA) is 57.5 Å². The van der Waals surface area contributed by atoms with Crippen LogP contribution in [-0.2, 0) is 4.79 Å². The summed E-state index contributed by atoms with van der Waals surface area (Å²) in [5.74, 6) is 1.66. The Morgan fingerprint density at radius 2 is 2.27 bits per heavy atom. The van der Waals surface area contributed by atoms with Crippen LogP contribution in [0.15, 0.2) is 29.3 Å². The average molecular weight is 150 g/mol. The van der Waals surface area contributed by atoms with Crippen molar-refractivity contribution >= 4 is 13.1 Å². The summed E-state index contributed by atoms with van der Waals surface area (Å²) in [7, 11) is -1.57. The second kappa shape index (κ2) is 3.35. The zero-order valence-corrected chi connectivity index (χ0v) is 5.82. The van der Waals surface area contributed by atoms with Crippen LogP contribution in [0.3, 0.4) is 0 Å². The third-order valence-corrected chi connectivity index (χ3v) is 1.48. The zero-order chi connectivity index (χ0) is 8.27. The monoisotopic (exact) mass is 150 g/mol. The van der Waals surface area contributed by atoms with Crippen molar-refractivity contribution < 1.29 is 14.8 Å². The maximum absolute atomic E-state index is 10.2. The van der Waals surface area contributed by atoms with E-state index in [9.17, 15) is 4.79 Å². The van der Waals surface area contributed by atoms with Gasteiger partial charge in [0.05, 0.1) is 0 Å². The van der Waals surface area contributed by atoms with E-state index in [4.69, 9.17) is 10.0 Å². The summed E-state index contributed by atoms with van der Waals surface area (Å²) in [6.45, 7) is 0. The summed E-state index contributed by atoms with van der Waals surface area (Å²) < 4.78 is 0. The minimum Gasteiger partial charge on any atom is -0.423 e. The van der Waals surface area contributed by atoms with Gasteiger partial charge in [-0.25, -0.2) is 4.79 Å². The van der Waals surface area contributed by atoms with Crippen molar-refractivity contribution in [3.05, 3.63) is 29.3 Å². The first-order valence-electron chi connectivity index (χ1n) is 3.23. The fraction of sp³-hybridized carbons (Fsp3) is 0.143. The van der Waals surface area contributed by atoms with Gasteiger partial charge in [0.2, 0.25) is 0 Å². The average Bonchev–Trinajstić information content (AvgIpc) is 2.04. The highest BCUT2D eigenvalue weighted by molar-refractivity contribution is 6.52. The molecule has 0 aromatic rings. The van der Waals surface area contributed by atoms with Gasteiger partial charge in [-0.3, -0.25) is 0 Å². The molecule has 1 aliphatic rings. The molecule has 0 unspecified atom stereocenters. The first-order chi connectivity index (χ1) is 5.25. The smallest absolute Gasteiger partial charge is 0.423 e. The van der Waals surface area contributed by atoms with Crippen molar-refractivity contribution in [1.29, 1.82) is 0 Å². The Hall–Kier alpha value is -1.09. The minimum atomic E-state index is -1.57. The molecule has 56 valence electrons. The van der Waals surface area contributed by atoms with Crippen LogP contribution in [0.25, 0.3) is 0 Å². The molecule has 0 aliphatic heterocycles. The molecule has 0 amide bonds. The lowest BCUT2D eigenvalue weighted by atomic mass is 9.72. The molecule has 0 heterocycles. The molecule has 0 saturated carbocycles. The largest absolute Gasteiger partial charge is 0.489 e. The van der Waals surface area contributed by atoms with Gasteiger partial charge in [0.1, 0.15) is 5.94 Å². The molecule has 0 aromatic heterocycles. The van der Waals surface area contributed by atoms with Gasteiger partial charge >= 0.3 is 7.12 Å². The summed E-state index contributed by atoms with van der Waals surface area (Å²) >= 11 is 0. The van der Waals surface area contributed by atoms with Crippen LogP contribution in [0.4, 0.5) is 0 Å². The molecule has 0 bridgehead atoms. The molecule has 0 fully saturated rings. The van der Waals surface area contributed by atoms with Gasteiger partial charge in [0.15, 0.2) is 0 Å². The van der Waals surface area contributed by atoms with Crippen LogP contribution in [0.1, 0.15) is 6.42 Å². The van der Waals surface area contributed by atoms with E-state index in [0.29, 0.717) is 12.0 Å². The van der Waals surface area contributed by atoms with Crippen LogP contribution >= 0.6 is 0 Å². The number of carbonyl (C=O) groups excluding carboxylic acids is 1. The molecule has 1 rings (SSSR count). The van der Waals surface area contributed by atoms with Crippen LogP contribution in [-0.4, -0.2) is 23.1 Å². The summed E-state index contributed by atoms with van der Waals surface area (Å²) in [6, 6.07) is 0. The highest BCUT2D eigenvalue weighted by Gasteiger charge is 2.19. The van der Waals surface area contributed by atoms with Gasteiger partial charge in [0.25, 0.3) is 0 Å². The summed E-state index contributed by atoms with van der Waals surface area (Å²) in [5.41, 5.74) is 0.546. The molecule has 4 heteroatoms. The van der Waals surface area contributed by atoms with Gasteiger partial charge < -0.3 is 10.0 Å². The Balaban J connectivity index is 2.97. The third-order valence-electron chi connectivity index (χ3n) is 1.48. The predicted molar refractivity (Wildman–Crippen MR) is 41.2 cm³/mol. The lowest BCUT2D eigenvalue weighted by Gasteiger charge is -2.07. The van der Waals surface area contributed by atoms with Crippen LogP contribution < -0.4 is 0 Å². The molecule has 0 spiro atoms.